The van der Waals surface area contributed by atoms with Gasteiger partial charge in [0.2, 0.25) is 0 Å². The molecule has 168 valence electrons. The Morgan fingerprint density at radius 1 is 1.00 bits per heavy atom. The molecule has 0 fully saturated rings. The van der Waals surface area contributed by atoms with Crippen LogP contribution in [0, 0.1) is 0 Å². The third-order valence-electron chi connectivity index (χ3n) is 5.15. The lowest BCUT2D eigenvalue weighted by molar-refractivity contribution is 0.0335. The number of fused-ring (bicyclic) bond motifs is 1. The highest BCUT2D eigenvalue weighted by Crippen LogP contribution is 2.35. The maximum atomic E-state index is 12.4. The van der Waals surface area contributed by atoms with E-state index in [0.717, 1.165) is 5.39 Å². The fourth-order valence-electron chi connectivity index (χ4n) is 3.56. The van der Waals surface area contributed by atoms with Crippen molar-refractivity contribution in [1.82, 2.24) is 9.97 Å². The maximum absolute atomic E-state index is 12.4. The van der Waals surface area contributed by atoms with Gasteiger partial charge in [-0.05, 0) is 43.3 Å². The van der Waals surface area contributed by atoms with E-state index in [0.29, 0.717) is 41.2 Å². The average molecular weight is 444 g/mol. The van der Waals surface area contributed by atoms with Gasteiger partial charge in [-0.1, -0.05) is 30.3 Å². The van der Waals surface area contributed by atoms with Crippen LogP contribution in [0.2, 0.25) is 0 Å². The van der Waals surface area contributed by atoms with Crippen molar-refractivity contribution in [1.29, 1.82) is 0 Å². The number of nitrogens with one attached hydrogen (secondary N) is 1. The number of benzene rings is 2. The Balaban J connectivity index is 1.64. The van der Waals surface area contributed by atoms with Gasteiger partial charge in [0.05, 0.1) is 23.9 Å². The highest BCUT2D eigenvalue weighted by atomic mass is 16.6. The molecule has 2 aromatic heterocycles. The number of phenols is 1. The lowest BCUT2D eigenvalue weighted by Crippen LogP contribution is -2.15. The first-order chi connectivity index (χ1) is 16.2. The first kappa shape index (κ1) is 22.2. The summed E-state index contributed by atoms with van der Waals surface area (Å²) in [5.74, 6) is -0.340. The van der Waals surface area contributed by atoms with E-state index in [4.69, 9.17) is 9.47 Å². The minimum absolute atomic E-state index is 0.0859. The highest BCUT2D eigenvalue weighted by molar-refractivity contribution is 5.90. The standard InChI is InChI=1S/C26H25N3O4/c1-2-32-15-16-33-26(31)19-7-5-9-20(17-19)29-24(22-10-3-4-13-27-22)21-12-11-18-8-6-14-28-23(18)25(21)30/h3-14,17,24,29-30H,2,15-16H2,1H3. The minimum Gasteiger partial charge on any atom is -0.505 e. The van der Waals surface area contributed by atoms with E-state index >= 15 is 0 Å². The SMILES string of the molecule is CCOCCOC(=O)c1cccc(NC(c2ccccn2)c2ccc3cccnc3c2O)c1. The topological polar surface area (TPSA) is 93.6 Å². The Morgan fingerprint density at radius 2 is 1.88 bits per heavy atom. The molecule has 1 atom stereocenters. The second-order valence-corrected chi connectivity index (χ2v) is 7.32. The first-order valence-electron chi connectivity index (χ1n) is 10.8. The van der Waals surface area contributed by atoms with Crippen molar-refractivity contribution in [3.8, 4) is 5.75 Å². The van der Waals surface area contributed by atoms with Crippen molar-refractivity contribution in [2.75, 3.05) is 25.1 Å². The number of phenolic OH excluding ortho intramolecular Hbond substituents is 1. The van der Waals surface area contributed by atoms with Crippen LogP contribution in [0.4, 0.5) is 5.69 Å². The molecule has 2 heterocycles. The van der Waals surface area contributed by atoms with E-state index in [2.05, 4.69) is 15.3 Å². The largest absolute Gasteiger partial charge is 0.505 e. The van der Waals surface area contributed by atoms with Crippen LogP contribution in [-0.2, 0) is 9.47 Å². The van der Waals surface area contributed by atoms with Gasteiger partial charge >= 0.3 is 5.97 Å². The summed E-state index contributed by atoms with van der Waals surface area (Å²) in [6.07, 6.45) is 3.35. The van der Waals surface area contributed by atoms with Crippen molar-refractivity contribution < 1.29 is 19.4 Å². The molecule has 0 aliphatic carbocycles. The van der Waals surface area contributed by atoms with Gasteiger partial charge in [0.1, 0.15) is 17.9 Å². The molecule has 7 heteroatoms. The highest BCUT2D eigenvalue weighted by Gasteiger charge is 2.21. The molecule has 0 radical (unpaired) electrons. The first-order valence-corrected chi connectivity index (χ1v) is 10.8. The van der Waals surface area contributed by atoms with Crippen LogP contribution in [0.25, 0.3) is 10.9 Å². The number of hydrogen-bond donors (Lipinski definition) is 2. The molecule has 33 heavy (non-hydrogen) atoms. The monoisotopic (exact) mass is 443 g/mol. The molecular weight excluding hydrogens is 418 g/mol. The van der Waals surface area contributed by atoms with Gasteiger partial charge in [-0.25, -0.2) is 4.79 Å². The van der Waals surface area contributed by atoms with Gasteiger partial charge in [0.15, 0.2) is 0 Å². The number of aromatic nitrogens is 2. The molecule has 0 bridgehead atoms. The molecule has 0 amide bonds. The Labute approximate surface area is 192 Å². The molecule has 4 aromatic rings. The van der Waals surface area contributed by atoms with E-state index in [1.165, 1.54) is 0 Å². The fourth-order valence-corrected chi connectivity index (χ4v) is 3.56. The van der Waals surface area contributed by atoms with E-state index in [9.17, 15) is 9.90 Å². The van der Waals surface area contributed by atoms with Crippen molar-refractivity contribution in [3.63, 3.8) is 0 Å². The van der Waals surface area contributed by atoms with Gasteiger partial charge in [-0.2, -0.15) is 0 Å². The number of nitrogens with zero attached hydrogens (tertiary/aromatic N) is 2. The van der Waals surface area contributed by atoms with Gasteiger partial charge in [-0.15, -0.1) is 0 Å². The van der Waals surface area contributed by atoms with Crippen LogP contribution in [-0.4, -0.2) is 40.9 Å². The fraction of sp³-hybridized carbons (Fsp3) is 0.192. The van der Waals surface area contributed by atoms with Crippen LogP contribution in [0.15, 0.2) is 79.1 Å². The van der Waals surface area contributed by atoms with E-state index < -0.39 is 12.0 Å². The molecule has 7 nitrogen and oxygen atoms in total. The normalized spacial score (nSPS) is 11.8. The van der Waals surface area contributed by atoms with Crippen LogP contribution in [0.1, 0.15) is 34.6 Å². The maximum Gasteiger partial charge on any atom is 0.338 e. The van der Waals surface area contributed by atoms with Crippen LogP contribution < -0.4 is 5.32 Å². The molecule has 0 spiro atoms. The zero-order chi connectivity index (χ0) is 23.0. The molecule has 2 N–H and O–H groups in total. The second kappa shape index (κ2) is 10.6. The number of esters is 1. The number of ether oxygens (including phenoxy) is 2. The molecule has 0 aliphatic rings. The zero-order valence-electron chi connectivity index (χ0n) is 18.3. The third kappa shape index (κ3) is 5.27. The van der Waals surface area contributed by atoms with Crippen molar-refractivity contribution >= 4 is 22.6 Å². The minimum atomic E-state index is -0.471. The summed E-state index contributed by atoms with van der Waals surface area (Å²) in [4.78, 5) is 21.2. The summed E-state index contributed by atoms with van der Waals surface area (Å²) in [7, 11) is 0. The Hall–Kier alpha value is -3.97. The number of hydrogen-bond acceptors (Lipinski definition) is 7. The Kier molecular flexibility index (Phi) is 7.12. The predicted octanol–water partition coefficient (Wildman–Crippen LogP) is 4.73. The smallest absolute Gasteiger partial charge is 0.338 e. The summed E-state index contributed by atoms with van der Waals surface area (Å²) in [6.45, 7) is 3.01. The summed E-state index contributed by atoms with van der Waals surface area (Å²) < 4.78 is 10.5. The summed E-state index contributed by atoms with van der Waals surface area (Å²) in [6, 6.07) is 19.7. The number of pyridine rings is 2. The second-order valence-electron chi connectivity index (χ2n) is 7.32. The van der Waals surface area contributed by atoms with Crippen LogP contribution in [0.3, 0.4) is 0 Å². The van der Waals surface area contributed by atoms with Gasteiger partial charge < -0.3 is 19.9 Å². The van der Waals surface area contributed by atoms with E-state index in [1.54, 1.807) is 30.6 Å². The molecule has 0 aliphatic heterocycles. The number of rotatable bonds is 9. The van der Waals surface area contributed by atoms with Crippen LogP contribution >= 0.6 is 0 Å². The number of anilines is 1. The lowest BCUT2D eigenvalue weighted by Gasteiger charge is -2.22. The molecule has 4 rings (SSSR count). The van der Waals surface area contributed by atoms with E-state index in [-0.39, 0.29) is 12.4 Å². The van der Waals surface area contributed by atoms with Crippen LogP contribution in [0.5, 0.6) is 5.75 Å². The summed E-state index contributed by atoms with van der Waals surface area (Å²) in [5.41, 5.74) is 2.97. The average Bonchev–Trinajstić information content (AvgIpc) is 2.86. The lowest BCUT2D eigenvalue weighted by atomic mass is 9.99. The Bertz CT molecular complexity index is 1230. The molecule has 0 saturated carbocycles. The Morgan fingerprint density at radius 3 is 2.70 bits per heavy atom. The van der Waals surface area contributed by atoms with E-state index in [1.807, 2.05) is 55.5 Å². The zero-order valence-corrected chi connectivity index (χ0v) is 18.3. The quantitative estimate of drug-likeness (QED) is 0.285. The summed E-state index contributed by atoms with van der Waals surface area (Å²) in [5, 5.41) is 15.3. The van der Waals surface area contributed by atoms with Gasteiger partial charge in [-0.3, -0.25) is 9.97 Å². The van der Waals surface area contributed by atoms with Crippen molar-refractivity contribution in [2.45, 2.75) is 13.0 Å². The van der Waals surface area contributed by atoms with Gasteiger partial charge in [0, 0.05) is 35.6 Å². The number of carbonyl (C=O) groups is 1. The van der Waals surface area contributed by atoms with Crippen molar-refractivity contribution in [2.24, 2.45) is 0 Å². The number of carbonyl (C=O) groups excluding carboxylic acids is 1. The molecule has 0 saturated heterocycles. The predicted molar refractivity (Wildman–Crippen MR) is 126 cm³/mol. The molecule has 2 aromatic carbocycles. The summed E-state index contributed by atoms with van der Waals surface area (Å²) >= 11 is 0. The van der Waals surface area contributed by atoms with Crippen molar-refractivity contribution in [3.05, 3.63) is 95.9 Å². The molecular formula is C26H25N3O4. The van der Waals surface area contributed by atoms with Gasteiger partial charge in [0.25, 0.3) is 0 Å². The number of aromatic hydroxyl groups is 1. The molecule has 1 unspecified atom stereocenters. The third-order valence-corrected chi connectivity index (χ3v) is 5.15.